The molecule has 2 amide bonds. The van der Waals surface area contributed by atoms with E-state index in [4.69, 9.17) is 11.6 Å². The van der Waals surface area contributed by atoms with Gasteiger partial charge in [-0.1, -0.05) is 54.1 Å². The minimum Gasteiger partial charge on any atom is -0.323 e. The lowest BCUT2D eigenvalue weighted by Crippen LogP contribution is -2.26. The monoisotopic (exact) mass is 505 g/mol. The third kappa shape index (κ3) is 4.84. The second-order valence-corrected chi connectivity index (χ2v) is 10.3. The second-order valence-electron chi connectivity index (χ2n) is 8.17. The van der Waals surface area contributed by atoms with Crippen molar-refractivity contribution in [1.82, 2.24) is 0 Å². The van der Waals surface area contributed by atoms with Crippen molar-refractivity contribution in [3.05, 3.63) is 95.5 Å². The first kappa shape index (κ1) is 22.9. The molecule has 0 fully saturated rings. The lowest BCUT2D eigenvalue weighted by atomic mass is 10.1. The molecule has 0 atom stereocenters. The summed E-state index contributed by atoms with van der Waals surface area (Å²) in [4.78, 5) is 26.9. The summed E-state index contributed by atoms with van der Waals surface area (Å²) in [5.41, 5.74) is 2.60. The van der Waals surface area contributed by atoms with E-state index in [1.807, 2.05) is 30.3 Å². The van der Waals surface area contributed by atoms with Crippen molar-refractivity contribution in [2.75, 3.05) is 14.9 Å². The lowest BCUT2D eigenvalue weighted by molar-refractivity contribution is -0.124. The second kappa shape index (κ2) is 9.05. The van der Waals surface area contributed by atoms with E-state index in [0.29, 0.717) is 33.3 Å². The van der Waals surface area contributed by atoms with Crippen LogP contribution in [-0.4, -0.2) is 20.2 Å². The van der Waals surface area contributed by atoms with Gasteiger partial charge in [-0.3, -0.25) is 19.2 Å². The molecule has 0 aromatic heterocycles. The molecule has 4 aromatic rings. The average molecular weight is 506 g/mol. The molecular weight excluding hydrogens is 486 g/mol. The standard InChI is InChI=1S/C26H20ClN3O4S/c27-19-8-5-17(6-9-19)16-35(33,34)29-20-10-12-21(13-11-20)30-23-14-7-18-3-1-2-4-22(18)26(23)28-24(31)15-25(30)32/h1-14,29H,15-16H2,(H,28,31). The molecule has 0 aliphatic carbocycles. The Morgan fingerprint density at radius 2 is 1.60 bits per heavy atom. The number of rotatable bonds is 5. The van der Waals surface area contributed by atoms with Gasteiger partial charge in [0.1, 0.15) is 6.42 Å². The van der Waals surface area contributed by atoms with Crippen molar-refractivity contribution in [2.24, 2.45) is 0 Å². The number of carbonyl (C=O) groups is 2. The van der Waals surface area contributed by atoms with Crippen LogP contribution in [0.25, 0.3) is 10.8 Å². The predicted molar refractivity (Wildman–Crippen MR) is 138 cm³/mol. The Morgan fingerprint density at radius 3 is 2.34 bits per heavy atom. The maximum absolute atomic E-state index is 13.0. The number of anilines is 4. The van der Waals surface area contributed by atoms with Crippen LogP contribution in [-0.2, 0) is 25.4 Å². The van der Waals surface area contributed by atoms with Crippen LogP contribution in [0.2, 0.25) is 5.02 Å². The molecule has 0 bridgehead atoms. The molecular formula is C26H20ClN3O4S. The summed E-state index contributed by atoms with van der Waals surface area (Å²) in [5, 5.41) is 5.16. The summed E-state index contributed by atoms with van der Waals surface area (Å²) in [6.07, 6.45) is -0.307. The quantitative estimate of drug-likeness (QED) is 0.353. The summed E-state index contributed by atoms with van der Waals surface area (Å²) in [7, 11) is -3.66. The van der Waals surface area contributed by atoms with Gasteiger partial charge in [-0.2, -0.15) is 0 Å². The Bertz CT molecular complexity index is 1550. The molecule has 0 saturated heterocycles. The van der Waals surface area contributed by atoms with Crippen molar-refractivity contribution in [3.8, 4) is 0 Å². The Kier molecular flexibility index (Phi) is 5.92. The minimum absolute atomic E-state index is 0.204. The number of hydrogen-bond acceptors (Lipinski definition) is 4. The van der Waals surface area contributed by atoms with Crippen molar-refractivity contribution in [2.45, 2.75) is 12.2 Å². The van der Waals surface area contributed by atoms with Gasteiger partial charge in [-0.05, 0) is 53.4 Å². The molecule has 4 aromatic carbocycles. The molecule has 1 aliphatic heterocycles. The van der Waals surface area contributed by atoms with Gasteiger partial charge in [-0.25, -0.2) is 8.42 Å². The van der Waals surface area contributed by atoms with Crippen molar-refractivity contribution in [3.63, 3.8) is 0 Å². The summed E-state index contributed by atoms with van der Waals surface area (Å²) in [6.45, 7) is 0. The van der Waals surface area contributed by atoms with E-state index in [2.05, 4.69) is 10.0 Å². The molecule has 1 heterocycles. The van der Waals surface area contributed by atoms with Crippen LogP contribution in [0.1, 0.15) is 12.0 Å². The summed E-state index contributed by atoms with van der Waals surface area (Å²) in [6, 6.07) is 24.4. The van der Waals surface area contributed by atoms with Gasteiger partial charge in [0.15, 0.2) is 0 Å². The topological polar surface area (TPSA) is 95.6 Å². The number of benzene rings is 4. The summed E-state index contributed by atoms with van der Waals surface area (Å²) < 4.78 is 27.8. The molecule has 0 saturated carbocycles. The van der Waals surface area contributed by atoms with Gasteiger partial charge >= 0.3 is 0 Å². The van der Waals surface area contributed by atoms with Crippen molar-refractivity contribution < 1.29 is 18.0 Å². The third-order valence-corrected chi connectivity index (χ3v) is 7.15. The highest BCUT2D eigenvalue weighted by molar-refractivity contribution is 7.91. The highest BCUT2D eigenvalue weighted by Gasteiger charge is 2.28. The van der Waals surface area contributed by atoms with Crippen LogP contribution >= 0.6 is 11.6 Å². The molecule has 35 heavy (non-hydrogen) atoms. The van der Waals surface area contributed by atoms with E-state index in [0.717, 1.165) is 10.8 Å². The van der Waals surface area contributed by atoms with Crippen molar-refractivity contribution in [1.29, 1.82) is 0 Å². The highest BCUT2D eigenvalue weighted by atomic mass is 35.5. The van der Waals surface area contributed by atoms with Gasteiger partial charge in [0, 0.05) is 21.8 Å². The van der Waals surface area contributed by atoms with Gasteiger partial charge in [0.25, 0.3) is 0 Å². The summed E-state index contributed by atoms with van der Waals surface area (Å²) >= 11 is 5.86. The van der Waals surface area contributed by atoms with E-state index in [9.17, 15) is 18.0 Å². The number of halogens is 1. The zero-order valence-corrected chi connectivity index (χ0v) is 19.9. The Balaban J connectivity index is 1.44. The average Bonchev–Trinajstić information content (AvgIpc) is 2.95. The Hall–Kier alpha value is -3.88. The smallest absolute Gasteiger partial charge is 0.241 e. The Morgan fingerprint density at radius 1 is 0.886 bits per heavy atom. The lowest BCUT2D eigenvalue weighted by Gasteiger charge is -2.23. The normalized spacial score (nSPS) is 13.8. The zero-order valence-electron chi connectivity index (χ0n) is 18.4. The third-order valence-electron chi connectivity index (χ3n) is 5.64. The van der Waals surface area contributed by atoms with Crippen LogP contribution in [0.3, 0.4) is 0 Å². The van der Waals surface area contributed by atoms with Crippen LogP contribution in [0, 0.1) is 0 Å². The van der Waals surface area contributed by atoms with Gasteiger partial charge in [0.2, 0.25) is 21.8 Å². The van der Waals surface area contributed by atoms with Gasteiger partial charge in [0.05, 0.1) is 17.1 Å². The molecule has 0 radical (unpaired) electrons. The fourth-order valence-electron chi connectivity index (χ4n) is 4.09. The highest BCUT2D eigenvalue weighted by Crippen LogP contribution is 2.40. The fourth-order valence-corrected chi connectivity index (χ4v) is 5.41. The number of fused-ring (bicyclic) bond motifs is 3. The number of sulfonamides is 1. The SMILES string of the molecule is O=C1CC(=O)N(c2ccc(NS(=O)(=O)Cc3ccc(Cl)cc3)cc2)c2ccc3ccccc3c2N1. The van der Waals surface area contributed by atoms with E-state index >= 15 is 0 Å². The molecule has 0 spiro atoms. The minimum atomic E-state index is -3.66. The van der Waals surface area contributed by atoms with Crippen LogP contribution < -0.4 is 14.9 Å². The van der Waals surface area contributed by atoms with Crippen LogP contribution in [0.4, 0.5) is 22.7 Å². The van der Waals surface area contributed by atoms with Gasteiger partial charge < -0.3 is 5.32 Å². The van der Waals surface area contributed by atoms with E-state index in [-0.39, 0.29) is 24.0 Å². The van der Waals surface area contributed by atoms with E-state index < -0.39 is 10.0 Å². The molecule has 5 rings (SSSR count). The van der Waals surface area contributed by atoms with Crippen LogP contribution in [0.5, 0.6) is 0 Å². The number of hydrogen-bond donors (Lipinski definition) is 2. The molecule has 2 N–H and O–H groups in total. The predicted octanol–water partition coefficient (Wildman–Crippen LogP) is 5.44. The Labute approximate surface area is 207 Å². The molecule has 176 valence electrons. The first-order chi connectivity index (χ1) is 16.8. The van der Waals surface area contributed by atoms with Crippen LogP contribution in [0.15, 0.2) is 84.9 Å². The summed E-state index contributed by atoms with van der Waals surface area (Å²) in [5.74, 6) is -0.973. The number of amides is 2. The van der Waals surface area contributed by atoms with E-state index in [1.165, 1.54) is 4.90 Å². The van der Waals surface area contributed by atoms with Gasteiger partial charge in [-0.15, -0.1) is 0 Å². The molecule has 1 aliphatic rings. The largest absolute Gasteiger partial charge is 0.323 e. The maximum atomic E-state index is 13.0. The number of nitrogens with zero attached hydrogens (tertiary/aromatic N) is 1. The zero-order chi connectivity index (χ0) is 24.6. The van der Waals surface area contributed by atoms with Crippen molar-refractivity contribution >= 4 is 67.0 Å². The molecule has 0 unspecified atom stereocenters. The first-order valence-corrected chi connectivity index (χ1v) is 12.8. The maximum Gasteiger partial charge on any atom is 0.241 e. The van der Waals surface area contributed by atoms with E-state index in [1.54, 1.807) is 54.6 Å². The number of carbonyl (C=O) groups excluding carboxylic acids is 2. The molecule has 7 nitrogen and oxygen atoms in total. The first-order valence-electron chi connectivity index (χ1n) is 10.8. The number of nitrogens with one attached hydrogen (secondary N) is 2. The molecule has 9 heteroatoms. The fraction of sp³-hybridized carbons (Fsp3) is 0.0769.